The van der Waals surface area contributed by atoms with Crippen molar-refractivity contribution in [3.8, 4) is 11.1 Å². The van der Waals surface area contributed by atoms with Crippen molar-refractivity contribution in [2.75, 3.05) is 9.80 Å². The van der Waals surface area contributed by atoms with E-state index < -0.39 is 0 Å². The molecule has 2 aromatic heterocycles. The van der Waals surface area contributed by atoms with E-state index in [4.69, 9.17) is 0 Å². The van der Waals surface area contributed by atoms with Crippen LogP contribution in [-0.4, -0.2) is 6.71 Å². The highest BCUT2D eigenvalue weighted by molar-refractivity contribution is 7.38. The number of hydrogen-bond donors (Lipinski definition) is 0. The first-order chi connectivity index (χ1) is 28.9. The smallest absolute Gasteiger partial charge is 0.277 e. The first kappa shape index (κ1) is 34.9. The predicted molar refractivity (Wildman–Crippen MR) is 260 cm³/mol. The van der Waals surface area contributed by atoms with Crippen LogP contribution in [-0.2, 0) is 0 Å². The predicted octanol–water partition coefficient (Wildman–Crippen LogP) is 14.4. The van der Waals surface area contributed by atoms with Gasteiger partial charge in [-0.15, -0.1) is 11.3 Å². The Morgan fingerprint density at radius 2 is 1.05 bits per heavy atom. The van der Waals surface area contributed by atoms with E-state index in [9.17, 15) is 0 Å². The van der Waals surface area contributed by atoms with Crippen molar-refractivity contribution in [1.82, 2.24) is 0 Å². The quantitative estimate of drug-likeness (QED) is 0.127. The maximum absolute atomic E-state index is 2.59. The van der Waals surface area contributed by atoms with E-state index in [-0.39, 0.29) is 6.71 Å². The molecule has 0 saturated carbocycles. The molecule has 0 N–H and O–H groups in total. The Morgan fingerprint density at radius 3 is 1.75 bits per heavy atom. The highest BCUT2D eigenvalue weighted by Gasteiger charge is 2.45. The zero-order chi connectivity index (χ0) is 39.5. The van der Waals surface area contributed by atoms with Crippen LogP contribution in [0.5, 0.6) is 0 Å². The van der Waals surface area contributed by atoms with Crippen LogP contribution in [0.15, 0.2) is 163 Å². The van der Waals surface area contributed by atoms with Gasteiger partial charge in [0, 0.05) is 42.4 Å². The fourth-order valence-corrected chi connectivity index (χ4v) is 12.4. The Labute approximate surface area is 353 Å². The summed E-state index contributed by atoms with van der Waals surface area (Å²) in [5, 5.41) is 11.4. The van der Waals surface area contributed by atoms with Crippen molar-refractivity contribution < 1.29 is 0 Å². The van der Waals surface area contributed by atoms with Gasteiger partial charge in [0.15, 0.2) is 0 Å². The zero-order valence-corrected chi connectivity index (χ0v) is 35.2. The van der Waals surface area contributed by atoms with E-state index in [1.54, 1.807) is 0 Å². The summed E-state index contributed by atoms with van der Waals surface area (Å²) in [5.74, 6) is 0.923. The molecule has 282 valence electrons. The molecule has 0 saturated heterocycles. The van der Waals surface area contributed by atoms with Crippen LogP contribution >= 0.6 is 22.7 Å². The van der Waals surface area contributed by atoms with Gasteiger partial charge >= 0.3 is 0 Å². The average Bonchev–Trinajstić information content (AvgIpc) is 3.92. The number of fused-ring (bicyclic) bond motifs is 12. The topological polar surface area (TPSA) is 6.48 Å². The number of hydrogen-bond acceptors (Lipinski definition) is 4. The Balaban J connectivity index is 1.08. The van der Waals surface area contributed by atoms with Crippen LogP contribution in [0, 0.1) is 0 Å². The SMILES string of the molecule is CC(C)c1ccc(N2c3ccsc3B3c4sc5ccc(C(C)C)cc5c4N(c4ccc(-c5cccc6c7ccccc7c7ccccc7c56)cc4)c4cccc2c43)cc1. The molecule has 10 aromatic rings. The molecular formula is C54H41BN2S2. The molecular weight excluding hydrogens is 752 g/mol. The molecule has 12 rings (SSSR count). The minimum atomic E-state index is 0.159. The van der Waals surface area contributed by atoms with Crippen LogP contribution in [0.25, 0.3) is 53.5 Å². The molecule has 2 aliphatic rings. The van der Waals surface area contributed by atoms with Crippen molar-refractivity contribution >= 4 is 121 Å². The molecule has 59 heavy (non-hydrogen) atoms. The van der Waals surface area contributed by atoms with Crippen LogP contribution < -0.4 is 24.8 Å². The van der Waals surface area contributed by atoms with E-state index in [2.05, 4.69) is 201 Å². The third-order valence-corrected chi connectivity index (χ3v) is 15.1. The van der Waals surface area contributed by atoms with Gasteiger partial charge in [0.25, 0.3) is 6.71 Å². The van der Waals surface area contributed by atoms with Crippen molar-refractivity contribution in [2.45, 2.75) is 39.5 Å². The summed E-state index contributed by atoms with van der Waals surface area (Å²) < 4.78 is 4.19. The lowest BCUT2D eigenvalue weighted by Crippen LogP contribution is -2.59. The minimum Gasteiger partial charge on any atom is -0.311 e. The lowest BCUT2D eigenvalue weighted by atomic mass is 9.39. The molecule has 0 unspecified atom stereocenters. The van der Waals surface area contributed by atoms with Crippen molar-refractivity contribution in [3.05, 3.63) is 174 Å². The third kappa shape index (κ3) is 5.11. The van der Waals surface area contributed by atoms with E-state index in [0.29, 0.717) is 11.8 Å². The molecule has 2 aliphatic heterocycles. The van der Waals surface area contributed by atoms with Gasteiger partial charge in [-0.1, -0.05) is 131 Å². The molecule has 5 heteroatoms. The summed E-state index contributed by atoms with van der Waals surface area (Å²) in [6, 6.07) is 59.7. The number of rotatable bonds is 5. The Hall–Kier alpha value is -6.14. The first-order valence-corrected chi connectivity index (χ1v) is 22.5. The monoisotopic (exact) mass is 792 g/mol. The van der Waals surface area contributed by atoms with E-state index in [1.807, 2.05) is 22.7 Å². The highest BCUT2D eigenvalue weighted by Crippen LogP contribution is 2.49. The number of nitrogens with zero attached hydrogens (tertiary/aromatic N) is 2. The molecule has 0 atom stereocenters. The number of anilines is 6. The van der Waals surface area contributed by atoms with Gasteiger partial charge in [0.2, 0.25) is 0 Å². The van der Waals surface area contributed by atoms with Gasteiger partial charge in [-0.2, -0.15) is 11.3 Å². The fourth-order valence-electron chi connectivity index (χ4n) is 10.0. The van der Waals surface area contributed by atoms with Crippen molar-refractivity contribution in [1.29, 1.82) is 0 Å². The van der Waals surface area contributed by atoms with Crippen LogP contribution in [0.4, 0.5) is 34.1 Å². The molecule has 0 spiro atoms. The van der Waals surface area contributed by atoms with Gasteiger partial charge in [-0.3, -0.25) is 0 Å². The second-order valence-corrected chi connectivity index (χ2v) is 18.9. The standard InChI is InChI=1S/C54H41BN2S2/c1-32(2)34-19-24-37(25-20-34)56-46-17-10-18-47-51(46)55(53-48(56)29-30-58-53)54-52(45-31-36(33(3)4)23-28-49(45)59-54)57(47)38-26-21-35(22-27-38)39-15-9-16-44-42-12-6-5-11-40(42)41-13-7-8-14-43(41)50(39)44/h5-33H,1-4H3. The van der Waals surface area contributed by atoms with Crippen LogP contribution in [0.1, 0.15) is 50.7 Å². The zero-order valence-electron chi connectivity index (χ0n) is 33.5. The molecule has 0 amide bonds. The number of benzene rings is 8. The summed E-state index contributed by atoms with van der Waals surface area (Å²) in [5.41, 5.74) is 14.1. The normalized spacial score (nSPS) is 13.3. The largest absolute Gasteiger partial charge is 0.311 e. The second kappa shape index (κ2) is 13.2. The molecule has 0 fully saturated rings. The van der Waals surface area contributed by atoms with Gasteiger partial charge in [-0.25, -0.2) is 0 Å². The van der Waals surface area contributed by atoms with E-state index in [0.717, 1.165) is 0 Å². The Morgan fingerprint density at radius 1 is 0.475 bits per heavy atom. The van der Waals surface area contributed by atoms with Crippen molar-refractivity contribution in [3.63, 3.8) is 0 Å². The first-order valence-electron chi connectivity index (χ1n) is 20.8. The van der Waals surface area contributed by atoms with Crippen LogP contribution in [0.2, 0.25) is 0 Å². The van der Waals surface area contributed by atoms with Gasteiger partial charge in [0.1, 0.15) is 0 Å². The maximum atomic E-state index is 2.59. The average molecular weight is 793 g/mol. The van der Waals surface area contributed by atoms with Gasteiger partial charge in [0.05, 0.1) is 11.4 Å². The third-order valence-electron chi connectivity index (χ3n) is 12.9. The summed E-state index contributed by atoms with van der Waals surface area (Å²) in [6.07, 6.45) is 0. The Kier molecular flexibility index (Phi) is 7.79. The van der Waals surface area contributed by atoms with Crippen molar-refractivity contribution in [2.24, 2.45) is 0 Å². The molecule has 0 aliphatic carbocycles. The second-order valence-electron chi connectivity index (χ2n) is 16.8. The van der Waals surface area contributed by atoms with E-state index in [1.165, 1.54) is 114 Å². The summed E-state index contributed by atoms with van der Waals surface area (Å²) >= 11 is 3.87. The fraction of sp³-hybridized carbons (Fsp3) is 0.111. The summed E-state index contributed by atoms with van der Waals surface area (Å²) in [6.45, 7) is 9.30. The van der Waals surface area contributed by atoms with E-state index >= 15 is 0 Å². The summed E-state index contributed by atoms with van der Waals surface area (Å²) in [4.78, 5) is 5.10. The highest BCUT2D eigenvalue weighted by atomic mass is 32.1. The lowest BCUT2D eigenvalue weighted by molar-refractivity contribution is 0.866. The maximum Gasteiger partial charge on any atom is 0.277 e. The van der Waals surface area contributed by atoms with Gasteiger partial charge in [-0.05, 0) is 132 Å². The number of thiophene rings is 2. The Bertz CT molecular complexity index is 3260. The minimum absolute atomic E-state index is 0.159. The lowest BCUT2D eigenvalue weighted by Gasteiger charge is -2.42. The molecule has 0 radical (unpaired) electrons. The van der Waals surface area contributed by atoms with Crippen LogP contribution in [0.3, 0.4) is 0 Å². The van der Waals surface area contributed by atoms with Gasteiger partial charge < -0.3 is 9.80 Å². The summed E-state index contributed by atoms with van der Waals surface area (Å²) in [7, 11) is 0. The molecule has 2 nitrogen and oxygen atoms in total. The molecule has 8 aromatic carbocycles. The molecule has 0 bridgehead atoms. The molecule has 4 heterocycles.